The summed E-state index contributed by atoms with van der Waals surface area (Å²) in [6.07, 6.45) is 1.70. The summed E-state index contributed by atoms with van der Waals surface area (Å²) in [5, 5.41) is 10.7. The number of fused-ring (bicyclic) bond motifs is 1. The molecule has 0 saturated heterocycles. The van der Waals surface area contributed by atoms with Gasteiger partial charge < -0.3 is 14.7 Å². The first kappa shape index (κ1) is 24.8. The Morgan fingerprint density at radius 2 is 1.91 bits per heavy atom. The molecule has 1 amide bonds. The topological polar surface area (TPSA) is 84.1 Å². The van der Waals surface area contributed by atoms with Crippen LogP contribution >= 0.6 is 22.9 Å². The highest BCUT2D eigenvalue weighted by atomic mass is 35.5. The highest BCUT2D eigenvalue weighted by molar-refractivity contribution is 7.07. The zero-order valence-corrected chi connectivity index (χ0v) is 21.5. The van der Waals surface area contributed by atoms with Crippen LogP contribution in [0, 0.1) is 0 Å². The number of phenolic OH excluding ortho intramolecular Hbond substituents is 1. The number of carbonyl (C=O) groups is 1. The van der Waals surface area contributed by atoms with Crippen molar-refractivity contribution < 1.29 is 14.6 Å². The van der Waals surface area contributed by atoms with E-state index in [1.54, 1.807) is 46.7 Å². The Morgan fingerprint density at radius 1 is 1.23 bits per heavy atom. The van der Waals surface area contributed by atoms with Gasteiger partial charge in [-0.15, -0.1) is 0 Å². The van der Waals surface area contributed by atoms with Gasteiger partial charge in [0, 0.05) is 18.1 Å². The first-order valence-corrected chi connectivity index (χ1v) is 12.4. The van der Waals surface area contributed by atoms with Crippen molar-refractivity contribution in [3.63, 3.8) is 0 Å². The number of amides is 1. The maximum absolute atomic E-state index is 13.7. The number of aromatic hydroxyl groups is 1. The number of aromatic nitrogens is 1. The Labute approximate surface area is 211 Å². The van der Waals surface area contributed by atoms with Gasteiger partial charge in [-0.05, 0) is 62.2 Å². The number of methoxy groups -OCH3 is 1. The van der Waals surface area contributed by atoms with Crippen molar-refractivity contribution in [2.75, 3.05) is 20.2 Å². The van der Waals surface area contributed by atoms with Crippen LogP contribution in [0.5, 0.6) is 11.5 Å². The fourth-order valence-corrected chi connectivity index (χ4v) is 5.36. The Morgan fingerprint density at radius 3 is 2.51 bits per heavy atom. The van der Waals surface area contributed by atoms with Gasteiger partial charge in [-0.25, -0.2) is 4.99 Å². The van der Waals surface area contributed by atoms with E-state index in [0.717, 1.165) is 5.56 Å². The van der Waals surface area contributed by atoms with Crippen molar-refractivity contribution in [3.8, 4) is 11.5 Å². The minimum Gasteiger partial charge on any atom is -0.504 e. The van der Waals surface area contributed by atoms with Crippen LogP contribution in [-0.2, 0) is 4.79 Å². The van der Waals surface area contributed by atoms with Crippen LogP contribution in [0.4, 0.5) is 0 Å². The van der Waals surface area contributed by atoms with Crippen LogP contribution in [0.15, 0.2) is 63.5 Å². The number of benzene rings is 2. The minimum absolute atomic E-state index is 0.0176. The van der Waals surface area contributed by atoms with Gasteiger partial charge >= 0.3 is 0 Å². The van der Waals surface area contributed by atoms with Crippen LogP contribution in [-0.4, -0.2) is 40.7 Å². The number of phenols is 1. The molecule has 0 spiro atoms. The van der Waals surface area contributed by atoms with Crippen LogP contribution < -0.4 is 19.6 Å². The molecule has 2 heterocycles. The summed E-state index contributed by atoms with van der Waals surface area (Å²) in [4.78, 5) is 34.1. The summed E-state index contributed by atoms with van der Waals surface area (Å²) < 4.78 is 7.12. The number of hydrogen-bond acceptors (Lipinski definition) is 6. The molecule has 3 aromatic rings. The van der Waals surface area contributed by atoms with E-state index in [1.807, 2.05) is 26.0 Å². The van der Waals surface area contributed by atoms with Gasteiger partial charge in [0.25, 0.3) is 11.5 Å². The molecular weight excluding hydrogens is 486 g/mol. The molecule has 4 rings (SSSR count). The van der Waals surface area contributed by atoms with E-state index in [4.69, 9.17) is 16.3 Å². The van der Waals surface area contributed by atoms with Gasteiger partial charge in [0.2, 0.25) is 0 Å². The predicted octanol–water partition coefficient (Wildman–Crippen LogP) is 3.47. The van der Waals surface area contributed by atoms with Gasteiger partial charge in [-0.2, -0.15) is 0 Å². The normalized spacial score (nSPS) is 15.6. The quantitative estimate of drug-likeness (QED) is 0.549. The molecule has 0 aliphatic carbocycles. The fraction of sp³-hybridized carbons (Fsp3) is 0.269. The van der Waals surface area contributed by atoms with E-state index < -0.39 is 6.04 Å². The zero-order chi connectivity index (χ0) is 25.3. The Balaban J connectivity index is 1.93. The Kier molecular flexibility index (Phi) is 7.14. The first-order chi connectivity index (χ1) is 16.8. The number of nitrogens with zero attached hydrogens (tertiary/aromatic N) is 3. The van der Waals surface area contributed by atoms with Gasteiger partial charge in [0.1, 0.15) is 0 Å². The van der Waals surface area contributed by atoms with Crippen LogP contribution in [0.2, 0.25) is 5.02 Å². The molecule has 182 valence electrons. The highest BCUT2D eigenvalue weighted by Crippen LogP contribution is 2.32. The molecule has 1 aromatic heterocycles. The molecule has 2 aromatic carbocycles. The van der Waals surface area contributed by atoms with Crippen molar-refractivity contribution in [1.82, 2.24) is 9.47 Å². The second-order valence-corrected chi connectivity index (χ2v) is 9.49. The molecular formula is C26H26ClN3O4S. The van der Waals surface area contributed by atoms with Crippen molar-refractivity contribution in [2.45, 2.75) is 26.8 Å². The summed E-state index contributed by atoms with van der Waals surface area (Å²) in [5.74, 6) is 0.183. The van der Waals surface area contributed by atoms with Crippen molar-refractivity contribution >= 4 is 34.9 Å². The lowest BCUT2D eigenvalue weighted by atomic mass is 9.94. The van der Waals surface area contributed by atoms with Crippen molar-refractivity contribution in [2.24, 2.45) is 4.99 Å². The summed E-state index contributed by atoms with van der Waals surface area (Å²) in [5.41, 5.74) is 2.20. The van der Waals surface area contributed by atoms with E-state index in [2.05, 4.69) is 4.99 Å². The van der Waals surface area contributed by atoms with E-state index in [1.165, 1.54) is 24.5 Å². The molecule has 0 unspecified atom stereocenters. The van der Waals surface area contributed by atoms with E-state index >= 15 is 0 Å². The predicted molar refractivity (Wildman–Crippen MR) is 138 cm³/mol. The van der Waals surface area contributed by atoms with E-state index in [0.29, 0.717) is 50.0 Å². The van der Waals surface area contributed by atoms with Gasteiger partial charge in [-0.3, -0.25) is 14.2 Å². The SMILES string of the molecule is CCN(CC)C(=O)C1=C(C)N=c2s/c(=C/c3ccc(OC)c(O)c3)c(=O)n2[C@H]1c1ccc(Cl)cc1. The third-order valence-corrected chi connectivity index (χ3v) is 7.22. The smallest absolute Gasteiger partial charge is 0.271 e. The molecule has 1 N–H and O–H groups in total. The van der Waals surface area contributed by atoms with Crippen LogP contribution in [0.25, 0.3) is 6.08 Å². The molecule has 35 heavy (non-hydrogen) atoms. The molecule has 1 aliphatic heterocycles. The number of halogens is 1. The third kappa shape index (κ3) is 4.63. The number of carbonyl (C=O) groups excluding carboxylic acids is 1. The number of rotatable bonds is 6. The molecule has 0 radical (unpaired) electrons. The van der Waals surface area contributed by atoms with Crippen molar-refractivity contribution in [3.05, 3.63) is 89.6 Å². The van der Waals surface area contributed by atoms with Crippen LogP contribution in [0.1, 0.15) is 37.9 Å². The second kappa shape index (κ2) is 10.1. The number of thiazole rings is 1. The average Bonchev–Trinajstić information content (AvgIpc) is 3.14. The lowest BCUT2D eigenvalue weighted by Crippen LogP contribution is -2.43. The number of hydrogen-bond donors (Lipinski definition) is 1. The molecule has 0 bridgehead atoms. The van der Waals surface area contributed by atoms with E-state index in [-0.39, 0.29) is 17.2 Å². The molecule has 0 fully saturated rings. The number of likely N-dealkylation sites (N-methyl/N-ethyl adjacent to an activating group) is 1. The lowest BCUT2D eigenvalue weighted by molar-refractivity contribution is -0.127. The standard InChI is InChI=1S/C26H26ClN3O4S/c1-5-29(6-2)25(33)22-15(3)28-26-30(23(22)17-8-10-18(27)11-9-17)24(32)21(35-26)14-16-7-12-20(34-4)19(31)13-16/h7-14,23,31H,5-6H2,1-4H3/b21-14+/t23-/m0/s1. The van der Waals surface area contributed by atoms with Gasteiger partial charge in [0.05, 0.1) is 29.0 Å². The lowest BCUT2D eigenvalue weighted by Gasteiger charge is -2.29. The van der Waals surface area contributed by atoms with Crippen molar-refractivity contribution in [1.29, 1.82) is 0 Å². The molecule has 9 heteroatoms. The summed E-state index contributed by atoms with van der Waals surface area (Å²) >= 11 is 7.37. The van der Waals surface area contributed by atoms with Gasteiger partial charge in [0.15, 0.2) is 16.3 Å². The fourth-order valence-electron chi connectivity index (χ4n) is 4.18. The summed E-state index contributed by atoms with van der Waals surface area (Å²) in [7, 11) is 1.48. The Bertz CT molecular complexity index is 1480. The third-order valence-electron chi connectivity index (χ3n) is 5.99. The van der Waals surface area contributed by atoms with E-state index in [9.17, 15) is 14.7 Å². The average molecular weight is 512 g/mol. The molecule has 0 saturated carbocycles. The first-order valence-electron chi connectivity index (χ1n) is 11.2. The highest BCUT2D eigenvalue weighted by Gasteiger charge is 2.34. The molecule has 7 nitrogen and oxygen atoms in total. The maximum atomic E-state index is 13.7. The largest absolute Gasteiger partial charge is 0.504 e. The molecule has 1 aliphatic rings. The summed E-state index contributed by atoms with van der Waals surface area (Å²) in [6.45, 7) is 6.75. The Hall–Kier alpha value is -3.36. The minimum atomic E-state index is -0.636. The van der Waals surface area contributed by atoms with Crippen LogP contribution in [0.3, 0.4) is 0 Å². The monoisotopic (exact) mass is 511 g/mol. The number of allylic oxidation sites excluding steroid dienone is 1. The zero-order valence-electron chi connectivity index (χ0n) is 19.9. The van der Waals surface area contributed by atoms with Gasteiger partial charge in [-0.1, -0.05) is 41.1 Å². The maximum Gasteiger partial charge on any atom is 0.271 e. The molecule has 1 atom stereocenters. The summed E-state index contributed by atoms with van der Waals surface area (Å²) in [6, 6.07) is 11.5. The second-order valence-electron chi connectivity index (χ2n) is 8.04. The number of ether oxygens (including phenoxy) is 1.